The van der Waals surface area contributed by atoms with Gasteiger partial charge in [0.05, 0.1) is 0 Å². The Labute approximate surface area is 97.2 Å². The van der Waals surface area contributed by atoms with Crippen molar-refractivity contribution in [1.29, 1.82) is 0 Å². The molecule has 0 aliphatic heterocycles. The minimum Gasteiger partial charge on any atom is -0.381 e. The molecule has 0 bridgehead atoms. The second kappa shape index (κ2) is 6.88. The standard InChI is InChI=1S/C13H20N2O/c1-3-7-13(16)14-10-11(2)15-12-8-5-4-6-9-12/h4-6,8-9,11,15H,3,7,10H2,1-2H3,(H,14,16)/t11-/m1/s1. The van der Waals surface area contributed by atoms with Gasteiger partial charge in [0.15, 0.2) is 0 Å². The van der Waals surface area contributed by atoms with Crippen molar-refractivity contribution in [2.24, 2.45) is 0 Å². The van der Waals surface area contributed by atoms with E-state index in [0.29, 0.717) is 13.0 Å². The number of amides is 1. The van der Waals surface area contributed by atoms with Gasteiger partial charge in [-0.3, -0.25) is 4.79 Å². The van der Waals surface area contributed by atoms with Crippen LogP contribution in [-0.2, 0) is 4.79 Å². The quantitative estimate of drug-likeness (QED) is 0.773. The lowest BCUT2D eigenvalue weighted by molar-refractivity contribution is -0.121. The van der Waals surface area contributed by atoms with Crippen molar-refractivity contribution >= 4 is 11.6 Å². The Morgan fingerprint density at radius 1 is 1.31 bits per heavy atom. The summed E-state index contributed by atoms with van der Waals surface area (Å²) < 4.78 is 0. The van der Waals surface area contributed by atoms with Gasteiger partial charge in [0.25, 0.3) is 0 Å². The van der Waals surface area contributed by atoms with E-state index in [0.717, 1.165) is 12.1 Å². The Morgan fingerprint density at radius 3 is 2.62 bits per heavy atom. The fraction of sp³-hybridized carbons (Fsp3) is 0.462. The molecule has 0 spiro atoms. The number of para-hydroxylation sites is 1. The van der Waals surface area contributed by atoms with E-state index in [1.165, 1.54) is 0 Å². The third-order valence-corrected chi connectivity index (χ3v) is 2.27. The summed E-state index contributed by atoms with van der Waals surface area (Å²) in [6.45, 7) is 4.72. The Morgan fingerprint density at radius 2 is 2.00 bits per heavy atom. The highest BCUT2D eigenvalue weighted by Crippen LogP contribution is 2.06. The first-order valence-electron chi connectivity index (χ1n) is 5.80. The second-order valence-electron chi connectivity index (χ2n) is 3.97. The monoisotopic (exact) mass is 220 g/mol. The number of nitrogens with one attached hydrogen (secondary N) is 2. The molecule has 0 saturated heterocycles. The summed E-state index contributed by atoms with van der Waals surface area (Å²) in [6, 6.07) is 10.2. The third kappa shape index (κ3) is 4.82. The molecule has 1 rings (SSSR count). The molecule has 0 aliphatic carbocycles. The Hall–Kier alpha value is -1.51. The molecule has 3 heteroatoms. The maximum atomic E-state index is 11.3. The van der Waals surface area contributed by atoms with Crippen LogP contribution in [-0.4, -0.2) is 18.5 Å². The van der Waals surface area contributed by atoms with E-state index in [-0.39, 0.29) is 11.9 Å². The van der Waals surface area contributed by atoms with E-state index in [2.05, 4.69) is 17.6 Å². The number of carbonyl (C=O) groups excluding carboxylic acids is 1. The number of rotatable bonds is 6. The van der Waals surface area contributed by atoms with Crippen molar-refractivity contribution in [1.82, 2.24) is 5.32 Å². The van der Waals surface area contributed by atoms with Crippen molar-refractivity contribution in [3.63, 3.8) is 0 Å². The van der Waals surface area contributed by atoms with Gasteiger partial charge in [0.2, 0.25) is 5.91 Å². The van der Waals surface area contributed by atoms with Gasteiger partial charge in [-0.15, -0.1) is 0 Å². The zero-order valence-electron chi connectivity index (χ0n) is 9.99. The summed E-state index contributed by atoms with van der Waals surface area (Å²) in [7, 11) is 0. The molecule has 0 heterocycles. The summed E-state index contributed by atoms with van der Waals surface area (Å²) in [4.78, 5) is 11.3. The van der Waals surface area contributed by atoms with Crippen LogP contribution in [0.4, 0.5) is 5.69 Å². The molecule has 0 radical (unpaired) electrons. The first-order chi connectivity index (χ1) is 7.72. The Bertz CT molecular complexity index is 311. The topological polar surface area (TPSA) is 41.1 Å². The van der Waals surface area contributed by atoms with Crippen LogP contribution < -0.4 is 10.6 Å². The number of anilines is 1. The number of benzene rings is 1. The third-order valence-electron chi connectivity index (χ3n) is 2.27. The summed E-state index contributed by atoms with van der Waals surface area (Å²) >= 11 is 0. The molecule has 0 aliphatic rings. The number of carbonyl (C=O) groups is 1. The van der Waals surface area contributed by atoms with Crippen LogP contribution in [0.25, 0.3) is 0 Å². The molecule has 2 N–H and O–H groups in total. The first-order valence-corrected chi connectivity index (χ1v) is 5.80. The molecule has 1 amide bonds. The lowest BCUT2D eigenvalue weighted by atomic mass is 10.2. The molecule has 3 nitrogen and oxygen atoms in total. The van der Waals surface area contributed by atoms with Gasteiger partial charge in [0.1, 0.15) is 0 Å². The summed E-state index contributed by atoms with van der Waals surface area (Å²) in [6.07, 6.45) is 1.50. The fourth-order valence-corrected chi connectivity index (χ4v) is 1.45. The minimum absolute atomic E-state index is 0.129. The van der Waals surface area contributed by atoms with Gasteiger partial charge >= 0.3 is 0 Å². The van der Waals surface area contributed by atoms with Crippen LogP contribution in [0.1, 0.15) is 26.7 Å². The van der Waals surface area contributed by atoms with Crippen LogP contribution in [0.15, 0.2) is 30.3 Å². The predicted molar refractivity (Wildman–Crippen MR) is 67.4 cm³/mol. The van der Waals surface area contributed by atoms with E-state index in [4.69, 9.17) is 0 Å². The smallest absolute Gasteiger partial charge is 0.220 e. The average Bonchev–Trinajstić information content (AvgIpc) is 2.28. The lowest BCUT2D eigenvalue weighted by Gasteiger charge is -2.15. The summed E-state index contributed by atoms with van der Waals surface area (Å²) in [5.74, 6) is 0.129. The normalized spacial score (nSPS) is 11.9. The summed E-state index contributed by atoms with van der Waals surface area (Å²) in [5.41, 5.74) is 1.08. The molecule has 88 valence electrons. The molecule has 0 fully saturated rings. The number of hydrogen-bond donors (Lipinski definition) is 2. The highest BCUT2D eigenvalue weighted by molar-refractivity contribution is 5.75. The molecule has 0 saturated carbocycles. The van der Waals surface area contributed by atoms with Crippen LogP contribution >= 0.6 is 0 Å². The predicted octanol–water partition coefficient (Wildman–Crippen LogP) is 2.40. The first kappa shape index (κ1) is 12.6. The van der Waals surface area contributed by atoms with E-state index in [1.807, 2.05) is 37.3 Å². The van der Waals surface area contributed by atoms with Crippen LogP contribution in [0.5, 0.6) is 0 Å². The molecule has 1 aromatic rings. The van der Waals surface area contributed by atoms with Crippen LogP contribution in [0.3, 0.4) is 0 Å². The summed E-state index contributed by atoms with van der Waals surface area (Å²) in [5, 5.41) is 6.23. The van der Waals surface area contributed by atoms with Gasteiger partial charge in [-0.1, -0.05) is 25.1 Å². The molecule has 16 heavy (non-hydrogen) atoms. The van der Waals surface area contributed by atoms with E-state index >= 15 is 0 Å². The molecule has 0 aromatic heterocycles. The molecular weight excluding hydrogens is 200 g/mol. The van der Waals surface area contributed by atoms with Gasteiger partial charge in [-0.05, 0) is 25.5 Å². The van der Waals surface area contributed by atoms with Crippen LogP contribution in [0, 0.1) is 0 Å². The zero-order chi connectivity index (χ0) is 11.8. The van der Waals surface area contributed by atoms with Crippen molar-refractivity contribution in [3.8, 4) is 0 Å². The maximum absolute atomic E-state index is 11.3. The van der Waals surface area contributed by atoms with Gasteiger partial charge in [-0.2, -0.15) is 0 Å². The zero-order valence-corrected chi connectivity index (χ0v) is 9.99. The van der Waals surface area contributed by atoms with Gasteiger partial charge in [-0.25, -0.2) is 0 Å². The largest absolute Gasteiger partial charge is 0.381 e. The number of hydrogen-bond acceptors (Lipinski definition) is 2. The highest BCUT2D eigenvalue weighted by atomic mass is 16.1. The Balaban J connectivity index is 2.26. The molecular formula is C13H20N2O. The van der Waals surface area contributed by atoms with E-state index in [9.17, 15) is 4.79 Å². The van der Waals surface area contributed by atoms with Crippen molar-refractivity contribution in [2.45, 2.75) is 32.7 Å². The molecule has 1 atom stereocenters. The second-order valence-corrected chi connectivity index (χ2v) is 3.97. The van der Waals surface area contributed by atoms with Crippen molar-refractivity contribution in [2.75, 3.05) is 11.9 Å². The minimum atomic E-state index is 0.129. The Kier molecular flexibility index (Phi) is 5.40. The molecule has 1 aromatic carbocycles. The molecule has 0 unspecified atom stereocenters. The highest BCUT2D eigenvalue weighted by Gasteiger charge is 2.04. The van der Waals surface area contributed by atoms with Gasteiger partial charge in [0, 0.05) is 24.7 Å². The van der Waals surface area contributed by atoms with Crippen LogP contribution in [0.2, 0.25) is 0 Å². The fourth-order valence-electron chi connectivity index (χ4n) is 1.45. The lowest BCUT2D eigenvalue weighted by Crippen LogP contribution is -2.34. The SMILES string of the molecule is CCCC(=O)NC[C@@H](C)Nc1ccccc1. The van der Waals surface area contributed by atoms with E-state index in [1.54, 1.807) is 0 Å². The van der Waals surface area contributed by atoms with Gasteiger partial charge < -0.3 is 10.6 Å². The maximum Gasteiger partial charge on any atom is 0.220 e. The van der Waals surface area contributed by atoms with Crippen molar-refractivity contribution < 1.29 is 4.79 Å². The average molecular weight is 220 g/mol. The van der Waals surface area contributed by atoms with E-state index < -0.39 is 0 Å². The van der Waals surface area contributed by atoms with Crippen molar-refractivity contribution in [3.05, 3.63) is 30.3 Å².